The summed E-state index contributed by atoms with van der Waals surface area (Å²) < 4.78 is 52.9. The van der Waals surface area contributed by atoms with E-state index in [0.717, 1.165) is 5.56 Å². The van der Waals surface area contributed by atoms with Crippen molar-refractivity contribution in [2.75, 3.05) is 20.3 Å². The zero-order valence-electron chi connectivity index (χ0n) is 35.8. The van der Waals surface area contributed by atoms with Crippen LogP contribution in [0.4, 0.5) is 4.79 Å². The molecule has 2 aliphatic heterocycles. The highest BCUT2D eigenvalue weighted by atomic mass is 32.2. The van der Waals surface area contributed by atoms with Gasteiger partial charge in [-0.1, -0.05) is 72.8 Å². The lowest BCUT2D eigenvalue weighted by Gasteiger charge is -2.30. The third kappa shape index (κ3) is 9.66. The lowest BCUT2D eigenvalue weighted by Crippen LogP contribution is -2.58. The average molecular weight is 888 g/mol. The van der Waals surface area contributed by atoms with Crippen molar-refractivity contribution in [3.05, 3.63) is 127 Å². The number of carbonyl (C=O) groups excluding carboxylic acids is 4. The minimum atomic E-state index is -4.33. The molecule has 1 aromatic heterocycles. The predicted octanol–water partition coefficient (Wildman–Crippen LogP) is 5.72. The molecule has 332 valence electrons. The number of amides is 4. The van der Waals surface area contributed by atoms with Gasteiger partial charge >= 0.3 is 6.09 Å². The van der Waals surface area contributed by atoms with Crippen LogP contribution in [0.5, 0.6) is 17.2 Å². The van der Waals surface area contributed by atoms with E-state index in [2.05, 4.69) is 15.4 Å². The predicted molar refractivity (Wildman–Crippen MR) is 237 cm³/mol. The van der Waals surface area contributed by atoms with Gasteiger partial charge in [0.1, 0.15) is 53.2 Å². The number of benzene rings is 4. The fraction of sp³-hybridized carbons (Fsp3) is 0.312. The summed E-state index contributed by atoms with van der Waals surface area (Å²) in [4.78, 5) is 63.5. The van der Waals surface area contributed by atoms with Crippen molar-refractivity contribution in [3.8, 4) is 28.5 Å². The van der Waals surface area contributed by atoms with Gasteiger partial charge in [0.05, 0.1) is 29.8 Å². The van der Waals surface area contributed by atoms with Crippen LogP contribution in [-0.4, -0.2) is 91.7 Å². The second-order valence-electron chi connectivity index (χ2n) is 17.0. The molecule has 2 fully saturated rings. The summed E-state index contributed by atoms with van der Waals surface area (Å²) in [5, 5.41) is 6.28. The molecule has 16 heteroatoms. The maximum absolute atomic E-state index is 15.0. The standard InChI is InChI=1S/C48H49N5O10S/c1-47(2,3)63-46(57)50-40-24-30-13-11-17-34(23-30)61-22-12-16-32-28-48(32,45(56)52-64(58,59)36-18-9-6-10-19-36)51-43(54)41-26-35(29-53(41)44(40)55)62-42-27-38(31-14-7-5-8-15-31)49-39-25-33(60-4)20-21-37(39)42/h5-21,23,25,27,32,35,40-41H,22,24,26,28-29H2,1-4H3,(H,50,57)(H,51,54)(H,52,56)/b16-12-/t32?,35-,40-,41+,48+/m1/s1. The highest BCUT2D eigenvalue weighted by Gasteiger charge is 2.61. The Morgan fingerprint density at radius 2 is 1.69 bits per heavy atom. The number of carbonyl (C=O) groups is 4. The quantitative estimate of drug-likeness (QED) is 0.162. The summed E-state index contributed by atoms with van der Waals surface area (Å²) in [6, 6.07) is 28.8. The fourth-order valence-electron chi connectivity index (χ4n) is 8.08. The van der Waals surface area contributed by atoms with E-state index in [0.29, 0.717) is 39.4 Å². The SMILES string of the molecule is COc1ccc2c(O[C@@H]3C[C@H]4C(=O)N[C@@]5(C(=O)NS(=O)(=O)c6ccccc6)CC5/C=C\COc5cccc(c5)C[C@@H](NC(=O)OC(C)(C)C)C(=O)N4C3)cc(-c3ccccc3)nc2c1. The molecule has 1 aliphatic carbocycles. The number of nitrogens with one attached hydrogen (secondary N) is 3. The Morgan fingerprint density at radius 1 is 0.938 bits per heavy atom. The van der Waals surface area contributed by atoms with Gasteiger partial charge in [-0.2, -0.15) is 0 Å². The number of alkyl carbamates (subject to hydrolysis) is 1. The lowest BCUT2D eigenvalue weighted by atomic mass is 10.0. The van der Waals surface area contributed by atoms with Crippen molar-refractivity contribution in [2.24, 2.45) is 5.92 Å². The van der Waals surface area contributed by atoms with Crippen LogP contribution in [0.15, 0.2) is 126 Å². The molecule has 2 bridgehead atoms. The van der Waals surface area contributed by atoms with Gasteiger partial charge in [0.2, 0.25) is 11.8 Å². The number of hydrogen-bond donors (Lipinski definition) is 3. The number of fused-ring (bicyclic) bond motifs is 5. The molecule has 0 radical (unpaired) electrons. The topological polar surface area (TPSA) is 192 Å². The first-order chi connectivity index (χ1) is 30.6. The van der Waals surface area contributed by atoms with E-state index in [9.17, 15) is 22.8 Å². The molecule has 15 nitrogen and oxygen atoms in total. The number of pyridine rings is 1. The normalized spacial score (nSPS) is 22.8. The first kappa shape index (κ1) is 43.7. The second kappa shape index (κ2) is 17.7. The van der Waals surface area contributed by atoms with Crippen LogP contribution in [0, 0.1) is 5.92 Å². The Bertz CT molecular complexity index is 2730. The maximum atomic E-state index is 15.0. The Balaban J connectivity index is 1.18. The monoisotopic (exact) mass is 887 g/mol. The van der Waals surface area contributed by atoms with Gasteiger partial charge in [0, 0.05) is 41.8 Å². The number of aromatic nitrogens is 1. The minimum absolute atomic E-state index is 0.00447. The van der Waals surface area contributed by atoms with E-state index in [-0.39, 0.29) is 37.3 Å². The van der Waals surface area contributed by atoms with E-state index in [1.807, 2.05) is 36.4 Å². The molecule has 1 unspecified atom stereocenters. The van der Waals surface area contributed by atoms with E-state index >= 15 is 4.79 Å². The zero-order valence-corrected chi connectivity index (χ0v) is 36.6. The average Bonchev–Trinajstić information content (AvgIpc) is 3.80. The first-order valence-corrected chi connectivity index (χ1v) is 22.4. The third-order valence-electron chi connectivity index (χ3n) is 11.3. The summed E-state index contributed by atoms with van der Waals surface area (Å²) >= 11 is 0. The molecule has 5 aromatic rings. The zero-order chi connectivity index (χ0) is 45.2. The molecular formula is C48H49N5O10S. The second-order valence-corrected chi connectivity index (χ2v) is 18.7. The van der Waals surface area contributed by atoms with Crippen molar-refractivity contribution in [1.82, 2.24) is 25.2 Å². The van der Waals surface area contributed by atoms with Gasteiger partial charge < -0.3 is 34.5 Å². The van der Waals surface area contributed by atoms with Crippen molar-refractivity contribution >= 4 is 44.7 Å². The van der Waals surface area contributed by atoms with Crippen LogP contribution in [0.3, 0.4) is 0 Å². The smallest absolute Gasteiger partial charge is 0.408 e. The van der Waals surface area contributed by atoms with Crippen LogP contribution < -0.4 is 29.6 Å². The molecule has 8 rings (SSSR count). The Hall–Kier alpha value is -6.94. The van der Waals surface area contributed by atoms with Gasteiger partial charge in [-0.15, -0.1) is 0 Å². The molecule has 1 saturated heterocycles. The molecular weight excluding hydrogens is 839 g/mol. The van der Waals surface area contributed by atoms with Crippen molar-refractivity contribution in [2.45, 2.75) is 74.3 Å². The van der Waals surface area contributed by atoms with Crippen LogP contribution in [-0.2, 0) is 35.6 Å². The van der Waals surface area contributed by atoms with E-state index < -0.39 is 69.1 Å². The summed E-state index contributed by atoms with van der Waals surface area (Å²) in [7, 11) is -2.77. The first-order valence-electron chi connectivity index (χ1n) is 20.9. The Morgan fingerprint density at radius 3 is 2.42 bits per heavy atom. The molecule has 5 atom stereocenters. The number of ether oxygens (including phenoxy) is 4. The Kier molecular flexibility index (Phi) is 12.1. The molecule has 3 aliphatic rings. The van der Waals surface area contributed by atoms with E-state index in [1.54, 1.807) is 88.6 Å². The molecule has 64 heavy (non-hydrogen) atoms. The largest absolute Gasteiger partial charge is 0.497 e. The highest BCUT2D eigenvalue weighted by Crippen LogP contribution is 2.46. The summed E-state index contributed by atoms with van der Waals surface area (Å²) in [6.45, 7) is 5.10. The van der Waals surface area contributed by atoms with Crippen LogP contribution in [0.25, 0.3) is 22.2 Å². The van der Waals surface area contributed by atoms with Gasteiger partial charge in [0.15, 0.2) is 0 Å². The Labute approximate surface area is 371 Å². The molecule has 1 saturated carbocycles. The molecule has 3 N–H and O–H groups in total. The number of sulfonamides is 1. The van der Waals surface area contributed by atoms with Crippen LogP contribution >= 0.6 is 0 Å². The highest BCUT2D eigenvalue weighted by molar-refractivity contribution is 7.90. The van der Waals surface area contributed by atoms with Crippen LogP contribution in [0.2, 0.25) is 0 Å². The van der Waals surface area contributed by atoms with Gasteiger partial charge in [-0.3, -0.25) is 14.4 Å². The minimum Gasteiger partial charge on any atom is -0.497 e. The summed E-state index contributed by atoms with van der Waals surface area (Å²) in [5.74, 6) is -1.36. The number of hydrogen-bond acceptors (Lipinski definition) is 11. The van der Waals surface area contributed by atoms with Gasteiger partial charge in [-0.25, -0.2) is 22.9 Å². The van der Waals surface area contributed by atoms with E-state index in [4.69, 9.17) is 23.9 Å². The summed E-state index contributed by atoms with van der Waals surface area (Å²) in [5.41, 5.74) is 0.125. The fourth-order valence-corrected chi connectivity index (χ4v) is 9.14. The third-order valence-corrected chi connectivity index (χ3v) is 12.6. The van der Waals surface area contributed by atoms with Gasteiger partial charge in [0.25, 0.3) is 15.9 Å². The molecule has 4 amide bonds. The maximum Gasteiger partial charge on any atom is 0.408 e. The number of methoxy groups -OCH3 is 1. The van der Waals surface area contributed by atoms with Crippen molar-refractivity contribution in [3.63, 3.8) is 0 Å². The van der Waals surface area contributed by atoms with Crippen molar-refractivity contribution < 1.29 is 46.5 Å². The molecule has 3 heterocycles. The lowest BCUT2D eigenvalue weighted by molar-refractivity contribution is -0.141. The van der Waals surface area contributed by atoms with Crippen molar-refractivity contribution in [1.29, 1.82) is 0 Å². The van der Waals surface area contributed by atoms with Crippen LogP contribution in [0.1, 0.15) is 39.2 Å². The molecule has 4 aromatic carbocycles. The number of rotatable bonds is 8. The van der Waals surface area contributed by atoms with E-state index in [1.165, 1.54) is 29.2 Å². The molecule has 0 spiro atoms. The number of nitrogens with zero attached hydrogens (tertiary/aromatic N) is 2. The summed E-state index contributed by atoms with van der Waals surface area (Å²) in [6.07, 6.45) is 1.84. The van der Waals surface area contributed by atoms with Gasteiger partial charge in [-0.05, 0) is 69.2 Å².